The molecule has 3 saturated heterocycles. The Morgan fingerprint density at radius 3 is 2.50 bits per heavy atom. The van der Waals surface area contributed by atoms with Gasteiger partial charge in [-0.2, -0.15) is 0 Å². The minimum atomic E-state index is -0.196. The van der Waals surface area contributed by atoms with Crippen molar-refractivity contribution in [2.75, 3.05) is 37.6 Å². The number of fused-ring (bicyclic) bond motifs is 1. The van der Waals surface area contributed by atoms with Gasteiger partial charge in [0.1, 0.15) is 0 Å². The molecule has 0 spiro atoms. The molecule has 5 heteroatoms. The highest BCUT2D eigenvalue weighted by atomic mass is 16.2. The van der Waals surface area contributed by atoms with Gasteiger partial charge in [-0.15, -0.1) is 0 Å². The zero-order valence-corrected chi connectivity index (χ0v) is 15.8. The third kappa shape index (κ3) is 3.13. The van der Waals surface area contributed by atoms with Gasteiger partial charge in [-0.1, -0.05) is 12.1 Å². The van der Waals surface area contributed by atoms with E-state index in [-0.39, 0.29) is 17.7 Å². The van der Waals surface area contributed by atoms with Crippen LogP contribution in [0.1, 0.15) is 30.4 Å². The molecule has 140 valence electrons. The van der Waals surface area contributed by atoms with E-state index in [4.69, 9.17) is 0 Å². The number of nitrogens with zero attached hydrogens (tertiary/aromatic N) is 2. The van der Waals surface area contributed by atoms with Crippen molar-refractivity contribution < 1.29 is 9.59 Å². The smallest absolute Gasteiger partial charge is 0.228 e. The lowest BCUT2D eigenvalue weighted by Gasteiger charge is -2.25. The molecule has 26 heavy (non-hydrogen) atoms. The Labute approximate surface area is 155 Å². The highest BCUT2D eigenvalue weighted by Gasteiger charge is 2.39. The predicted octanol–water partition coefficient (Wildman–Crippen LogP) is 2.11. The Kier molecular flexibility index (Phi) is 4.74. The number of hydrogen-bond acceptors (Lipinski definition) is 3. The van der Waals surface area contributed by atoms with Gasteiger partial charge in [0, 0.05) is 31.7 Å². The molecule has 0 saturated carbocycles. The van der Waals surface area contributed by atoms with E-state index in [9.17, 15) is 9.59 Å². The largest absolute Gasteiger partial charge is 0.342 e. The lowest BCUT2D eigenvalue weighted by molar-refractivity contribution is -0.135. The first-order valence-corrected chi connectivity index (χ1v) is 9.90. The molecule has 0 bridgehead atoms. The molecule has 1 unspecified atom stereocenters. The molecule has 1 N–H and O–H groups in total. The molecular weight excluding hydrogens is 326 g/mol. The Morgan fingerprint density at radius 1 is 1.12 bits per heavy atom. The van der Waals surface area contributed by atoms with Crippen molar-refractivity contribution in [1.82, 2.24) is 10.2 Å². The number of carbonyl (C=O) groups is 2. The van der Waals surface area contributed by atoms with Crippen LogP contribution in [0.4, 0.5) is 5.69 Å². The quantitative estimate of drug-likeness (QED) is 0.884. The van der Waals surface area contributed by atoms with E-state index < -0.39 is 0 Å². The van der Waals surface area contributed by atoms with E-state index in [0.29, 0.717) is 24.8 Å². The Morgan fingerprint density at radius 2 is 1.81 bits per heavy atom. The van der Waals surface area contributed by atoms with Crippen LogP contribution in [-0.2, 0) is 9.59 Å². The second kappa shape index (κ2) is 7.03. The van der Waals surface area contributed by atoms with Crippen LogP contribution in [0.3, 0.4) is 0 Å². The van der Waals surface area contributed by atoms with Gasteiger partial charge < -0.3 is 15.1 Å². The molecule has 0 aromatic heterocycles. The molecule has 1 aromatic carbocycles. The maximum Gasteiger partial charge on any atom is 0.228 e. The molecule has 3 atom stereocenters. The first-order chi connectivity index (χ1) is 12.5. The molecule has 3 fully saturated rings. The first-order valence-electron chi connectivity index (χ1n) is 9.90. The number of benzene rings is 1. The van der Waals surface area contributed by atoms with Crippen molar-refractivity contribution >= 4 is 17.5 Å². The fourth-order valence-electron chi connectivity index (χ4n) is 4.83. The summed E-state index contributed by atoms with van der Waals surface area (Å²) in [7, 11) is 0. The SMILES string of the molecule is Cc1cccc(N2CC(C(=O)N3CC[C@@H]4CNC[C@@H]4CC3)CC2=O)c1C. The molecule has 0 radical (unpaired) electrons. The summed E-state index contributed by atoms with van der Waals surface area (Å²) in [5.74, 6) is 1.49. The molecule has 3 aliphatic heterocycles. The average molecular weight is 355 g/mol. The van der Waals surface area contributed by atoms with Gasteiger partial charge in [-0.05, 0) is 68.8 Å². The molecule has 2 amide bonds. The van der Waals surface area contributed by atoms with E-state index in [1.165, 1.54) is 5.56 Å². The second-order valence-electron chi connectivity index (χ2n) is 8.21. The number of rotatable bonds is 2. The number of hydrogen-bond donors (Lipinski definition) is 1. The molecular formula is C21H29N3O2. The minimum absolute atomic E-state index is 0.0768. The van der Waals surface area contributed by atoms with Crippen LogP contribution < -0.4 is 10.2 Å². The summed E-state index contributed by atoms with van der Waals surface area (Å²) in [5.41, 5.74) is 3.27. The number of carbonyl (C=O) groups excluding carboxylic acids is 2. The molecule has 5 nitrogen and oxygen atoms in total. The monoisotopic (exact) mass is 355 g/mol. The van der Waals surface area contributed by atoms with Gasteiger partial charge in [0.15, 0.2) is 0 Å². The van der Waals surface area contributed by atoms with Gasteiger partial charge in [0.05, 0.1) is 5.92 Å². The number of anilines is 1. The summed E-state index contributed by atoms with van der Waals surface area (Å²) < 4.78 is 0. The van der Waals surface area contributed by atoms with Crippen LogP contribution >= 0.6 is 0 Å². The summed E-state index contributed by atoms with van der Waals surface area (Å²) in [4.78, 5) is 29.5. The molecule has 4 rings (SSSR count). The lowest BCUT2D eigenvalue weighted by atomic mass is 9.92. The van der Waals surface area contributed by atoms with E-state index in [1.807, 2.05) is 21.9 Å². The minimum Gasteiger partial charge on any atom is -0.342 e. The topological polar surface area (TPSA) is 52.7 Å². The van der Waals surface area contributed by atoms with Gasteiger partial charge >= 0.3 is 0 Å². The van der Waals surface area contributed by atoms with Crippen molar-refractivity contribution in [2.45, 2.75) is 33.1 Å². The first kappa shape index (κ1) is 17.5. The van der Waals surface area contributed by atoms with Crippen LogP contribution in [0.5, 0.6) is 0 Å². The van der Waals surface area contributed by atoms with Crippen molar-refractivity contribution in [3.05, 3.63) is 29.3 Å². The highest BCUT2D eigenvalue weighted by molar-refractivity contribution is 6.00. The predicted molar refractivity (Wildman–Crippen MR) is 102 cm³/mol. The van der Waals surface area contributed by atoms with Crippen LogP contribution in [-0.4, -0.2) is 49.4 Å². The number of likely N-dealkylation sites (tertiary alicyclic amines) is 1. The van der Waals surface area contributed by atoms with Crippen molar-refractivity contribution in [3.8, 4) is 0 Å². The fourth-order valence-corrected chi connectivity index (χ4v) is 4.83. The molecule has 3 aliphatic rings. The lowest BCUT2D eigenvalue weighted by Crippen LogP contribution is -2.38. The van der Waals surface area contributed by atoms with Crippen LogP contribution in [0, 0.1) is 31.6 Å². The number of amides is 2. The van der Waals surface area contributed by atoms with Gasteiger partial charge in [-0.3, -0.25) is 9.59 Å². The number of aryl methyl sites for hydroxylation is 1. The number of nitrogens with one attached hydrogen (secondary N) is 1. The maximum absolute atomic E-state index is 13.1. The summed E-state index contributed by atoms with van der Waals surface area (Å²) in [5, 5.41) is 3.48. The van der Waals surface area contributed by atoms with Gasteiger partial charge in [0.2, 0.25) is 11.8 Å². The van der Waals surface area contributed by atoms with Gasteiger partial charge in [0.25, 0.3) is 0 Å². The Hall–Kier alpha value is -1.88. The Balaban J connectivity index is 1.45. The zero-order valence-electron chi connectivity index (χ0n) is 15.8. The van der Waals surface area contributed by atoms with Gasteiger partial charge in [-0.25, -0.2) is 0 Å². The normalized spacial score (nSPS) is 29.0. The highest BCUT2D eigenvalue weighted by Crippen LogP contribution is 2.32. The van der Waals surface area contributed by atoms with Crippen molar-refractivity contribution in [2.24, 2.45) is 17.8 Å². The van der Waals surface area contributed by atoms with Crippen LogP contribution in [0.2, 0.25) is 0 Å². The van der Waals surface area contributed by atoms with Crippen molar-refractivity contribution in [3.63, 3.8) is 0 Å². The van der Waals surface area contributed by atoms with Crippen LogP contribution in [0.25, 0.3) is 0 Å². The summed E-state index contributed by atoms with van der Waals surface area (Å²) in [6.07, 6.45) is 2.52. The standard InChI is InChI=1S/C21H29N3O2/c1-14-4-3-5-19(15(14)2)24-13-18(10-20(24)25)21(26)23-8-6-16-11-22-12-17(16)7-9-23/h3-5,16-18,22H,6-13H2,1-2H3/t16-,17+,18?. The van der Waals surface area contributed by atoms with E-state index in [1.54, 1.807) is 0 Å². The fraction of sp³-hybridized carbons (Fsp3) is 0.619. The summed E-state index contributed by atoms with van der Waals surface area (Å²) in [6, 6.07) is 6.04. The Bertz CT molecular complexity index is 703. The van der Waals surface area contributed by atoms with Crippen LogP contribution in [0.15, 0.2) is 18.2 Å². The summed E-state index contributed by atoms with van der Waals surface area (Å²) in [6.45, 7) is 8.50. The molecule has 3 heterocycles. The van der Waals surface area contributed by atoms with E-state index >= 15 is 0 Å². The summed E-state index contributed by atoms with van der Waals surface area (Å²) >= 11 is 0. The maximum atomic E-state index is 13.1. The molecule has 0 aliphatic carbocycles. The van der Waals surface area contributed by atoms with E-state index in [0.717, 1.165) is 50.3 Å². The third-order valence-electron chi connectivity index (χ3n) is 6.67. The average Bonchev–Trinajstić information content (AvgIpc) is 3.18. The second-order valence-corrected chi connectivity index (χ2v) is 8.21. The van der Waals surface area contributed by atoms with E-state index in [2.05, 4.69) is 25.2 Å². The zero-order chi connectivity index (χ0) is 18.3. The van der Waals surface area contributed by atoms with Crippen molar-refractivity contribution in [1.29, 1.82) is 0 Å². The molecule has 1 aromatic rings. The third-order valence-corrected chi connectivity index (χ3v) is 6.67.